The van der Waals surface area contributed by atoms with Gasteiger partial charge in [0.1, 0.15) is 0 Å². The summed E-state index contributed by atoms with van der Waals surface area (Å²) in [6.45, 7) is 3.79. The Labute approximate surface area is 89.6 Å². The van der Waals surface area contributed by atoms with Crippen LogP contribution in [0.3, 0.4) is 0 Å². The monoisotopic (exact) mass is 300 g/mol. The van der Waals surface area contributed by atoms with Crippen LogP contribution in [0.15, 0.2) is 0 Å². The van der Waals surface area contributed by atoms with Crippen LogP contribution in [0.2, 0.25) is 0 Å². The quantitative estimate of drug-likeness (QED) is 0.726. The molecule has 0 amide bonds. The second-order valence-corrected chi connectivity index (χ2v) is 7.22. The highest BCUT2D eigenvalue weighted by atomic mass is 79.9. The van der Waals surface area contributed by atoms with E-state index in [1.165, 1.54) is 0 Å². The third kappa shape index (κ3) is 1.72. The summed E-state index contributed by atoms with van der Waals surface area (Å²) in [6, 6.07) is 0. The van der Waals surface area contributed by atoms with Gasteiger partial charge in [-0.2, -0.15) is 0 Å². The summed E-state index contributed by atoms with van der Waals surface area (Å²) in [5.74, 6) is 0.0926. The van der Waals surface area contributed by atoms with Crippen LogP contribution < -0.4 is 0 Å². The number of rotatable bonds is 1. The first kappa shape index (κ1) is 11.0. The minimum atomic E-state index is -0.448. The molecule has 1 rings (SSSR count). The van der Waals surface area contributed by atoms with Crippen LogP contribution in [0.4, 0.5) is 0 Å². The van der Waals surface area contributed by atoms with Gasteiger partial charge in [-0.15, -0.1) is 0 Å². The summed E-state index contributed by atoms with van der Waals surface area (Å²) >= 11 is 6.73. The second-order valence-electron chi connectivity index (χ2n) is 4.02. The molecule has 2 nitrogen and oxygen atoms in total. The first-order chi connectivity index (χ1) is 5.37. The van der Waals surface area contributed by atoms with Crippen molar-refractivity contribution >= 4 is 31.9 Å². The molecule has 0 spiro atoms. The van der Waals surface area contributed by atoms with Crippen molar-refractivity contribution in [2.45, 2.75) is 36.2 Å². The minimum absolute atomic E-state index is 0.0800. The lowest BCUT2D eigenvalue weighted by atomic mass is 9.86. The van der Waals surface area contributed by atoms with Gasteiger partial charge in [-0.3, -0.25) is 0 Å². The molecule has 0 aromatic carbocycles. The Morgan fingerprint density at radius 1 is 1.33 bits per heavy atom. The van der Waals surface area contributed by atoms with E-state index in [1.54, 1.807) is 0 Å². The van der Waals surface area contributed by atoms with Gasteiger partial charge in [0.25, 0.3) is 0 Å². The molecule has 1 aliphatic rings. The third-order valence-corrected chi connectivity index (χ3v) is 4.20. The first-order valence-electron chi connectivity index (χ1n) is 4.01. The summed E-state index contributed by atoms with van der Waals surface area (Å²) in [4.78, 5) is 0. The van der Waals surface area contributed by atoms with Gasteiger partial charge in [-0.1, -0.05) is 45.7 Å². The van der Waals surface area contributed by atoms with Gasteiger partial charge < -0.3 is 10.2 Å². The highest BCUT2D eigenvalue weighted by Crippen LogP contribution is 2.45. The average molecular weight is 302 g/mol. The number of aliphatic hydroxyl groups is 2. The van der Waals surface area contributed by atoms with E-state index < -0.39 is 12.2 Å². The number of alkyl halides is 2. The van der Waals surface area contributed by atoms with E-state index in [1.807, 2.05) is 13.8 Å². The van der Waals surface area contributed by atoms with Crippen LogP contribution in [-0.4, -0.2) is 26.2 Å². The molecule has 0 bridgehead atoms. The molecule has 12 heavy (non-hydrogen) atoms. The lowest BCUT2D eigenvalue weighted by Crippen LogP contribution is -2.35. The van der Waals surface area contributed by atoms with E-state index >= 15 is 0 Å². The maximum absolute atomic E-state index is 9.84. The first-order valence-corrected chi connectivity index (χ1v) is 5.84. The van der Waals surface area contributed by atoms with Gasteiger partial charge in [-0.25, -0.2) is 0 Å². The summed E-state index contributed by atoms with van der Waals surface area (Å²) < 4.78 is 0.0800. The molecule has 0 aromatic rings. The summed E-state index contributed by atoms with van der Waals surface area (Å²) in [5, 5.41) is 19.5. The molecule has 1 aliphatic carbocycles. The lowest BCUT2D eigenvalue weighted by molar-refractivity contribution is -0.00494. The van der Waals surface area contributed by atoms with Gasteiger partial charge in [0.05, 0.1) is 15.9 Å². The Bertz CT molecular complexity index is 170. The van der Waals surface area contributed by atoms with Gasteiger partial charge in [0, 0.05) is 11.3 Å². The van der Waals surface area contributed by atoms with Crippen molar-refractivity contribution in [3.05, 3.63) is 0 Å². The van der Waals surface area contributed by atoms with Crippen molar-refractivity contribution in [3.63, 3.8) is 0 Å². The van der Waals surface area contributed by atoms with E-state index in [9.17, 15) is 10.2 Å². The standard InChI is InChI=1S/C8H14Br2O2/c1-8(2)5(11)3-4(6(8)12)7(9)10/h4-7,11-12H,3H2,1-2H3. The largest absolute Gasteiger partial charge is 0.392 e. The Balaban J connectivity index is 2.76. The maximum atomic E-state index is 9.84. The van der Waals surface area contributed by atoms with Crippen molar-refractivity contribution in [3.8, 4) is 0 Å². The summed E-state index contributed by atoms with van der Waals surface area (Å²) in [6.07, 6.45) is -0.207. The van der Waals surface area contributed by atoms with Gasteiger partial charge in [0.2, 0.25) is 0 Å². The molecule has 0 radical (unpaired) electrons. The lowest BCUT2D eigenvalue weighted by Gasteiger charge is -2.28. The fourth-order valence-electron chi connectivity index (χ4n) is 1.68. The fraction of sp³-hybridized carbons (Fsp3) is 1.00. The highest BCUT2D eigenvalue weighted by Gasteiger charge is 2.49. The van der Waals surface area contributed by atoms with Crippen molar-refractivity contribution in [1.82, 2.24) is 0 Å². The van der Waals surface area contributed by atoms with E-state index in [0.29, 0.717) is 6.42 Å². The SMILES string of the molecule is CC1(C)C(O)CC(C(Br)Br)C1O. The van der Waals surface area contributed by atoms with Gasteiger partial charge in [0.15, 0.2) is 0 Å². The summed E-state index contributed by atoms with van der Waals surface area (Å²) in [7, 11) is 0. The molecular formula is C8H14Br2O2. The van der Waals surface area contributed by atoms with Crippen LogP contribution >= 0.6 is 31.9 Å². The normalized spacial score (nSPS) is 40.8. The maximum Gasteiger partial charge on any atom is 0.0751 e. The third-order valence-electron chi connectivity index (χ3n) is 2.85. The highest BCUT2D eigenvalue weighted by molar-refractivity contribution is 9.24. The minimum Gasteiger partial charge on any atom is -0.392 e. The molecule has 3 atom stereocenters. The molecule has 72 valence electrons. The van der Waals surface area contributed by atoms with Crippen molar-refractivity contribution in [2.75, 3.05) is 0 Å². The predicted octanol–water partition coefficient (Wildman–Crippen LogP) is 1.87. The Morgan fingerprint density at radius 3 is 2.00 bits per heavy atom. The van der Waals surface area contributed by atoms with Crippen LogP contribution in [-0.2, 0) is 0 Å². The number of aliphatic hydroxyl groups excluding tert-OH is 2. The second kappa shape index (κ2) is 3.56. The smallest absolute Gasteiger partial charge is 0.0751 e. The molecule has 0 aromatic heterocycles. The zero-order valence-corrected chi connectivity index (χ0v) is 10.3. The molecule has 0 heterocycles. The van der Waals surface area contributed by atoms with Crippen LogP contribution in [0.1, 0.15) is 20.3 Å². The zero-order chi connectivity index (χ0) is 9.52. The molecule has 3 unspecified atom stereocenters. The molecule has 4 heteroatoms. The molecule has 0 saturated heterocycles. The molecular weight excluding hydrogens is 288 g/mol. The number of hydrogen-bond donors (Lipinski definition) is 2. The van der Waals surface area contributed by atoms with E-state index in [0.717, 1.165) is 0 Å². The molecule has 0 aliphatic heterocycles. The Morgan fingerprint density at radius 2 is 1.83 bits per heavy atom. The van der Waals surface area contributed by atoms with E-state index in [2.05, 4.69) is 31.9 Å². The number of halogens is 2. The average Bonchev–Trinajstić information content (AvgIpc) is 2.13. The topological polar surface area (TPSA) is 40.5 Å². The van der Waals surface area contributed by atoms with Crippen LogP contribution in [0.5, 0.6) is 0 Å². The number of hydrogen-bond acceptors (Lipinski definition) is 2. The van der Waals surface area contributed by atoms with Crippen LogP contribution in [0.25, 0.3) is 0 Å². The zero-order valence-electron chi connectivity index (χ0n) is 7.17. The van der Waals surface area contributed by atoms with E-state index in [4.69, 9.17) is 0 Å². The summed E-state index contributed by atoms with van der Waals surface area (Å²) in [5.41, 5.74) is -0.384. The van der Waals surface area contributed by atoms with Crippen molar-refractivity contribution in [1.29, 1.82) is 0 Å². The van der Waals surface area contributed by atoms with Crippen LogP contribution in [0, 0.1) is 11.3 Å². The van der Waals surface area contributed by atoms with Gasteiger partial charge >= 0.3 is 0 Å². The molecule has 1 saturated carbocycles. The van der Waals surface area contributed by atoms with Crippen molar-refractivity contribution < 1.29 is 10.2 Å². The predicted molar refractivity (Wildman–Crippen MR) is 55.5 cm³/mol. The van der Waals surface area contributed by atoms with Crippen molar-refractivity contribution in [2.24, 2.45) is 11.3 Å². The fourth-order valence-corrected chi connectivity index (χ4v) is 2.69. The molecule has 2 N–H and O–H groups in total. The Kier molecular flexibility index (Phi) is 3.25. The van der Waals surface area contributed by atoms with Gasteiger partial charge in [-0.05, 0) is 6.42 Å². The Hall–Kier alpha value is 0.880. The van der Waals surface area contributed by atoms with E-state index in [-0.39, 0.29) is 15.1 Å². The molecule has 1 fully saturated rings.